The Morgan fingerprint density at radius 3 is 2.55 bits per heavy atom. The van der Waals surface area contributed by atoms with Crippen molar-refractivity contribution >= 4 is 5.97 Å². The number of carbonyl (C=O) groups is 1. The zero-order chi connectivity index (χ0) is 14.7. The van der Waals surface area contributed by atoms with Crippen molar-refractivity contribution in [3.8, 4) is 17.0 Å². The molecule has 5 heteroatoms. The smallest absolute Gasteiger partial charge is 0.337 e. The van der Waals surface area contributed by atoms with E-state index in [4.69, 9.17) is 4.74 Å². The molecule has 1 aromatic carbocycles. The summed E-state index contributed by atoms with van der Waals surface area (Å²) in [6, 6.07) is 6.46. The number of benzene rings is 1. The summed E-state index contributed by atoms with van der Waals surface area (Å²) in [7, 11) is 2.79. The van der Waals surface area contributed by atoms with E-state index in [1.165, 1.54) is 20.3 Å². The van der Waals surface area contributed by atoms with Crippen LogP contribution >= 0.6 is 0 Å². The lowest BCUT2D eigenvalue weighted by atomic mass is 9.99. The van der Waals surface area contributed by atoms with Crippen LogP contribution in [0.4, 0.5) is 4.39 Å². The second kappa shape index (κ2) is 5.69. The van der Waals surface area contributed by atoms with Gasteiger partial charge in [-0.15, -0.1) is 0 Å². The largest absolute Gasteiger partial charge is 0.481 e. The highest BCUT2D eigenvalue weighted by Gasteiger charge is 2.13. The van der Waals surface area contributed by atoms with Gasteiger partial charge in [0.05, 0.1) is 26.0 Å². The van der Waals surface area contributed by atoms with Crippen LogP contribution in [-0.4, -0.2) is 25.2 Å². The minimum Gasteiger partial charge on any atom is -0.481 e. The van der Waals surface area contributed by atoms with E-state index in [0.29, 0.717) is 22.6 Å². The van der Waals surface area contributed by atoms with Crippen LogP contribution in [0, 0.1) is 12.7 Å². The number of aromatic nitrogens is 1. The molecule has 0 saturated carbocycles. The van der Waals surface area contributed by atoms with Gasteiger partial charge in [0.2, 0.25) is 5.88 Å². The van der Waals surface area contributed by atoms with Gasteiger partial charge in [-0.1, -0.05) is 6.07 Å². The molecular formula is C15H14FNO3. The predicted molar refractivity (Wildman–Crippen MR) is 72.3 cm³/mol. The first-order valence-electron chi connectivity index (χ1n) is 5.95. The first kappa shape index (κ1) is 14.0. The molecule has 4 nitrogen and oxygen atoms in total. The van der Waals surface area contributed by atoms with E-state index in [2.05, 4.69) is 9.72 Å². The summed E-state index contributed by atoms with van der Waals surface area (Å²) >= 11 is 0. The molecule has 0 radical (unpaired) electrons. The molecule has 0 fully saturated rings. The van der Waals surface area contributed by atoms with E-state index in [1.54, 1.807) is 25.1 Å². The van der Waals surface area contributed by atoms with Crippen LogP contribution in [0.1, 0.15) is 15.9 Å². The lowest BCUT2D eigenvalue weighted by molar-refractivity contribution is 0.0600. The van der Waals surface area contributed by atoms with Crippen LogP contribution in [0.2, 0.25) is 0 Å². The average molecular weight is 275 g/mol. The third-order valence-corrected chi connectivity index (χ3v) is 2.98. The highest BCUT2D eigenvalue weighted by atomic mass is 19.1. The lowest BCUT2D eigenvalue weighted by Crippen LogP contribution is -2.02. The maximum atomic E-state index is 13.9. The normalized spacial score (nSPS) is 10.2. The van der Waals surface area contributed by atoms with Crippen LogP contribution in [0.15, 0.2) is 30.5 Å². The van der Waals surface area contributed by atoms with Gasteiger partial charge in [-0.2, -0.15) is 0 Å². The van der Waals surface area contributed by atoms with Crippen molar-refractivity contribution in [3.05, 3.63) is 47.4 Å². The number of carbonyl (C=O) groups excluding carboxylic acids is 1. The molecule has 0 aliphatic carbocycles. The van der Waals surface area contributed by atoms with Crippen molar-refractivity contribution in [2.24, 2.45) is 0 Å². The number of methoxy groups -OCH3 is 2. The zero-order valence-electron chi connectivity index (χ0n) is 11.4. The van der Waals surface area contributed by atoms with Gasteiger partial charge in [-0.25, -0.2) is 14.2 Å². The summed E-state index contributed by atoms with van der Waals surface area (Å²) in [4.78, 5) is 15.3. The molecule has 0 atom stereocenters. The molecule has 2 rings (SSSR count). The van der Waals surface area contributed by atoms with E-state index in [-0.39, 0.29) is 0 Å². The number of hydrogen-bond donors (Lipinski definition) is 0. The van der Waals surface area contributed by atoms with Crippen molar-refractivity contribution in [1.82, 2.24) is 4.98 Å². The maximum Gasteiger partial charge on any atom is 0.337 e. The molecule has 0 spiro atoms. The summed E-state index contributed by atoms with van der Waals surface area (Å²) in [6.07, 6.45) is 1.11. The third kappa shape index (κ3) is 2.61. The highest BCUT2D eigenvalue weighted by Crippen LogP contribution is 2.28. The first-order valence-corrected chi connectivity index (χ1v) is 5.95. The molecule has 20 heavy (non-hydrogen) atoms. The standard InChI is InChI=1S/C15H14FNO3/c1-9-6-10(15(18)20-3)4-5-11(9)12-7-14(19-2)17-8-13(12)16/h4-8H,1-3H3. The summed E-state index contributed by atoms with van der Waals surface area (Å²) in [5, 5.41) is 0. The molecule has 0 N–H and O–H groups in total. The number of aryl methyl sites for hydroxylation is 1. The Morgan fingerprint density at radius 1 is 1.20 bits per heavy atom. The van der Waals surface area contributed by atoms with E-state index in [9.17, 15) is 9.18 Å². The Kier molecular flexibility index (Phi) is 3.98. The Morgan fingerprint density at radius 2 is 1.95 bits per heavy atom. The molecule has 1 heterocycles. The van der Waals surface area contributed by atoms with Crippen molar-refractivity contribution in [3.63, 3.8) is 0 Å². The second-order valence-corrected chi connectivity index (χ2v) is 4.23. The van der Waals surface area contributed by atoms with Gasteiger partial charge in [0.25, 0.3) is 0 Å². The van der Waals surface area contributed by atoms with Gasteiger partial charge in [0.1, 0.15) is 5.82 Å². The SMILES string of the molecule is COC(=O)c1ccc(-c2cc(OC)ncc2F)c(C)c1. The number of pyridine rings is 1. The van der Waals surface area contributed by atoms with Gasteiger partial charge in [0, 0.05) is 11.6 Å². The van der Waals surface area contributed by atoms with Crippen LogP contribution in [0.25, 0.3) is 11.1 Å². The minimum absolute atomic E-state index is 0.331. The van der Waals surface area contributed by atoms with E-state index in [0.717, 1.165) is 11.8 Å². The van der Waals surface area contributed by atoms with Crippen LogP contribution < -0.4 is 4.74 Å². The molecule has 0 amide bonds. The van der Waals surface area contributed by atoms with E-state index < -0.39 is 11.8 Å². The van der Waals surface area contributed by atoms with Gasteiger partial charge < -0.3 is 9.47 Å². The lowest BCUT2D eigenvalue weighted by Gasteiger charge is -2.10. The topological polar surface area (TPSA) is 48.4 Å². The molecule has 104 valence electrons. The number of rotatable bonds is 3. The molecule has 0 aliphatic heterocycles. The van der Waals surface area contributed by atoms with E-state index >= 15 is 0 Å². The molecule has 0 saturated heterocycles. The number of halogens is 1. The van der Waals surface area contributed by atoms with Crippen molar-refractivity contribution in [1.29, 1.82) is 0 Å². The summed E-state index contributed by atoms with van der Waals surface area (Å²) in [6.45, 7) is 1.80. The average Bonchev–Trinajstić information content (AvgIpc) is 2.47. The van der Waals surface area contributed by atoms with Crippen molar-refractivity contribution < 1.29 is 18.7 Å². The Hall–Kier alpha value is -2.43. The number of esters is 1. The molecule has 0 bridgehead atoms. The molecule has 2 aromatic rings. The molecule has 1 aromatic heterocycles. The van der Waals surface area contributed by atoms with Gasteiger partial charge in [0.15, 0.2) is 0 Å². The predicted octanol–water partition coefficient (Wildman–Crippen LogP) is 2.99. The van der Waals surface area contributed by atoms with Crippen LogP contribution in [0.5, 0.6) is 5.88 Å². The summed E-state index contributed by atoms with van der Waals surface area (Å²) < 4.78 is 23.5. The number of hydrogen-bond acceptors (Lipinski definition) is 4. The summed E-state index contributed by atoms with van der Waals surface area (Å²) in [5.74, 6) is -0.537. The highest BCUT2D eigenvalue weighted by molar-refractivity contribution is 5.90. The van der Waals surface area contributed by atoms with Crippen LogP contribution in [-0.2, 0) is 4.74 Å². The Balaban J connectivity index is 2.51. The summed E-state index contributed by atoms with van der Waals surface area (Å²) in [5.41, 5.74) is 2.25. The fraction of sp³-hybridized carbons (Fsp3) is 0.200. The monoisotopic (exact) mass is 275 g/mol. The minimum atomic E-state index is -0.445. The zero-order valence-corrected chi connectivity index (χ0v) is 11.4. The number of nitrogens with zero attached hydrogens (tertiary/aromatic N) is 1. The number of ether oxygens (including phenoxy) is 2. The fourth-order valence-corrected chi connectivity index (χ4v) is 1.95. The van der Waals surface area contributed by atoms with Crippen LogP contribution in [0.3, 0.4) is 0 Å². The van der Waals surface area contributed by atoms with Crippen molar-refractivity contribution in [2.45, 2.75) is 6.92 Å². The van der Waals surface area contributed by atoms with Gasteiger partial charge in [-0.05, 0) is 30.2 Å². The first-order chi connectivity index (χ1) is 9.56. The van der Waals surface area contributed by atoms with E-state index in [1.807, 2.05) is 0 Å². The maximum absolute atomic E-state index is 13.9. The molecule has 0 aliphatic rings. The van der Waals surface area contributed by atoms with Crippen molar-refractivity contribution in [2.75, 3.05) is 14.2 Å². The van der Waals surface area contributed by atoms with Gasteiger partial charge in [-0.3, -0.25) is 0 Å². The molecule has 0 unspecified atom stereocenters. The Labute approximate surface area is 116 Å². The second-order valence-electron chi connectivity index (χ2n) is 4.23. The quantitative estimate of drug-likeness (QED) is 0.808. The Bertz CT molecular complexity index is 656. The fourth-order valence-electron chi connectivity index (χ4n) is 1.95. The third-order valence-electron chi connectivity index (χ3n) is 2.98. The molecular weight excluding hydrogens is 261 g/mol. The van der Waals surface area contributed by atoms with Gasteiger partial charge >= 0.3 is 5.97 Å².